The Morgan fingerprint density at radius 1 is 1.18 bits per heavy atom. The van der Waals surface area contributed by atoms with Crippen molar-refractivity contribution in [2.45, 2.75) is 31.2 Å². The fourth-order valence-electron chi connectivity index (χ4n) is 1.72. The molecule has 0 spiro atoms. The number of rotatable bonds is 6. The van der Waals surface area contributed by atoms with Gasteiger partial charge in [-0.05, 0) is 32.9 Å². The summed E-state index contributed by atoms with van der Waals surface area (Å²) in [6, 6.07) is 9.79. The summed E-state index contributed by atoms with van der Waals surface area (Å²) in [5, 5.41) is 5.64. The Morgan fingerprint density at radius 3 is 2.41 bits per heavy atom. The van der Waals surface area contributed by atoms with E-state index in [-0.39, 0.29) is 24.0 Å². The number of amides is 3. The Hall–Kier alpha value is -1.69. The summed E-state index contributed by atoms with van der Waals surface area (Å²) >= 11 is 1.68. The highest BCUT2D eigenvalue weighted by atomic mass is 32.2. The first-order valence-corrected chi connectivity index (χ1v) is 8.24. The standard InChI is InChI=1S/C16H25N3O2S/c1-16(2,3)18-14(20)12-19(4)15(21)17-10-11-22-13-8-6-5-7-9-13/h5-9H,10-12H2,1-4H3,(H,17,21)(H,18,20). The normalized spacial score (nSPS) is 10.9. The summed E-state index contributed by atoms with van der Waals surface area (Å²) in [4.78, 5) is 26.2. The molecule has 0 saturated carbocycles. The molecule has 0 aromatic heterocycles. The number of thioether (sulfide) groups is 1. The van der Waals surface area contributed by atoms with E-state index in [0.717, 1.165) is 5.75 Å². The zero-order valence-electron chi connectivity index (χ0n) is 13.7. The van der Waals surface area contributed by atoms with Crippen molar-refractivity contribution in [3.05, 3.63) is 30.3 Å². The lowest BCUT2D eigenvalue weighted by atomic mass is 10.1. The maximum absolute atomic E-state index is 11.9. The van der Waals surface area contributed by atoms with Crippen LogP contribution in [0.3, 0.4) is 0 Å². The van der Waals surface area contributed by atoms with Crippen LogP contribution in [0.25, 0.3) is 0 Å². The number of nitrogens with zero attached hydrogens (tertiary/aromatic N) is 1. The zero-order valence-corrected chi connectivity index (χ0v) is 14.5. The van der Waals surface area contributed by atoms with Gasteiger partial charge in [-0.2, -0.15) is 0 Å². The lowest BCUT2D eigenvalue weighted by Crippen LogP contribution is -2.48. The number of likely N-dealkylation sites (N-methyl/N-ethyl adjacent to an activating group) is 1. The lowest BCUT2D eigenvalue weighted by Gasteiger charge is -2.23. The highest BCUT2D eigenvalue weighted by Gasteiger charge is 2.17. The van der Waals surface area contributed by atoms with Crippen LogP contribution in [0.1, 0.15) is 20.8 Å². The molecule has 1 aromatic carbocycles. The van der Waals surface area contributed by atoms with Gasteiger partial charge in [0.2, 0.25) is 5.91 Å². The molecule has 22 heavy (non-hydrogen) atoms. The largest absolute Gasteiger partial charge is 0.350 e. The van der Waals surface area contributed by atoms with Crippen molar-refractivity contribution < 1.29 is 9.59 Å². The fourth-order valence-corrected chi connectivity index (χ4v) is 2.51. The Kier molecular flexibility index (Phi) is 7.24. The summed E-state index contributed by atoms with van der Waals surface area (Å²) in [6.45, 7) is 6.34. The van der Waals surface area contributed by atoms with Crippen LogP contribution in [0.2, 0.25) is 0 Å². The third-order valence-electron chi connectivity index (χ3n) is 2.63. The van der Waals surface area contributed by atoms with Crippen LogP contribution in [0, 0.1) is 0 Å². The predicted molar refractivity (Wildman–Crippen MR) is 91.1 cm³/mol. The van der Waals surface area contributed by atoms with Crippen molar-refractivity contribution >= 4 is 23.7 Å². The number of hydrogen-bond donors (Lipinski definition) is 2. The quantitative estimate of drug-likeness (QED) is 0.624. The summed E-state index contributed by atoms with van der Waals surface area (Å²) < 4.78 is 0. The highest BCUT2D eigenvalue weighted by molar-refractivity contribution is 7.99. The van der Waals surface area contributed by atoms with Gasteiger partial charge in [-0.1, -0.05) is 18.2 Å². The molecule has 5 nitrogen and oxygen atoms in total. The van der Waals surface area contributed by atoms with Crippen molar-refractivity contribution in [3.63, 3.8) is 0 Å². The highest BCUT2D eigenvalue weighted by Crippen LogP contribution is 2.15. The van der Waals surface area contributed by atoms with E-state index in [1.54, 1.807) is 18.8 Å². The van der Waals surface area contributed by atoms with Crippen LogP contribution in [0.5, 0.6) is 0 Å². The second kappa shape index (κ2) is 8.68. The lowest BCUT2D eigenvalue weighted by molar-refractivity contribution is -0.122. The zero-order chi connectivity index (χ0) is 16.6. The van der Waals surface area contributed by atoms with Gasteiger partial charge in [-0.25, -0.2) is 4.79 Å². The molecule has 0 aliphatic rings. The second-order valence-corrected chi connectivity index (χ2v) is 7.22. The third kappa shape index (κ3) is 7.93. The van der Waals surface area contributed by atoms with Gasteiger partial charge in [0.1, 0.15) is 6.54 Å². The molecule has 0 saturated heterocycles. The second-order valence-electron chi connectivity index (χ2n) is 6.05. The van der Waals surface area contributed by atoms with Gasteiger partial charge in [0.15, 0.2) is 0 Å². The molecule has 0 atom stereocenters. The van der Waals surface area contributed by atoms with E-state index in [1.165, 1.54) is 9.80 Å². The van der Waals surface area contributed by atoms with E-state index in [0.29, 0.717) is 6.54 Å². The molecule has 0 bridgehead atoms. The smallest absolute Gasteiger partial charge is 0.317 e. The molecular formula is C16H25N3O2S. The molecule has 0 aliphatic carbocycles. The Morgan fingerprint density at radius 2 is 1.82 bits per heavy atom. The first-order chi connectivity index (χ1) is 10.3. The summed E-state index contributed by atoms with van der Waals surface area (Å²) in [5.74, 6) is 0.626. The predicted octanol–water partition coefficient (Wildman–Crippen LogP) is 2.33. The Bertz CT molecular complexity index is 486. The number of nitrogens with one attached hydrogen (secondary N) is 2. The summed E-state index contributed by atoms with van der Waals surface area (Å²) in [5.41, 5.74) is -0.291. The third-order valence-corrected chi connectivity index (χ3v) is 3.65. The van der Waals surface area contributed by atoms with Gasteiger partial charge in [-0.3, -0.25) is 4.79 Å². The van der Waals surface area contributed by atoms with Crippen LogP contribution in [0.4, 0.5) is 4.79 Å². The molecule has 2 N–H and O–H groups in total. The van der Waals surface area contributed by atoms with Gasteiger partial charge < -0.3 is 15.5 Å². The van der Waals surface area contributed by atoms with E-state index in [9.17, 15) is 9.59 Å². The van der Waals surface area contributed by atoms with Gasteiger partial charge in [-0.15, -0.1) is 11.8 Å². The molecule has 1 aromatic rings. The number of carbonyl (C=O) groups is 2. The number of urea groups is 1. The van der Waals surface area contributed by atoms with E-state index in [1.807, 2.05) is 51.1 Å². The van der Waals surface area contributed by atoms with E-state index >= 15 is 0 Å². The number of hydrogen-bond acceptors (Lipinski definition) is 3. The van der Waals surface area contributed by atoms with Crippen molar-refractivity contribution in [1.82, 2.24) is 15.5 Å². The molecule has 3 amide bonds. The molecule has 122 valence electrons. The van der Waals surface area contributed by atoms with Crippen molar-refractivity contribution in [3.8, 4) is 0 Å². The Labute approximate surface area is 136 Å². The van der Waals surface area contributed by atoms with Gasteiger partial charge in [0.25, 0.3) is 0 Å². The average Bonchev–Trinajstić information content (AvgIpc) is 2.42. The molecular weight excluding hydrogens is 298 g/mol. The van der Waals surface area contributed by atoms with Crippen LogP contribution >= 0.6 is 11.8 Å². The minimum atomic E-state index is -0.291. The molecule has 0 unspecified atom stereocenters. The van der Waals surface area contributed by atoms with Crippen molar-refractivity contribution in [1.29, 1.82) is 0 Å². The summed E-state index contributed by atoms with van der Waals surface area (Å²) in [7, 11) is 1.61. The van der Waals surface area contributed by atoms with E-state index < -0.39 is 0 Å². The first kappa shape index (κ1) is 18.4. The monoisotopic (exact) mass is 323 g/mol. The molecule has 0 radical (unpaired) electrons. The van der Waals surface area contributed by atoms with Gasteiger partial charge in [0.05, 0.1) is 0 Å². The van der Waals surface area contributed by atoms with Gasteiger partial charge >= 0.3 is 6.03 Å². The topological polar surface area (TPSA) is 61.4 Å². The molecule has 0 heterocycles. The summed E-state index contributed by atoms with van der Waals surface area (Å²) in [6.07, 6.45) is 0. The molecule has 1 rings (SSSR count). The van der Waals surface area contributed by atoms with Crippen LogP contribution in [-0.4, -0.2) is 48.3 Å². The Balaban J connectivity index is 2.22. The van der Waals surface area contributed by atoms with E-state index in [2.05, 4.69) is 10.6 Å². The van der Waals surface area contributed by atoms with Crippen LogP contribution < -0.4 is 10.6 Å². The maximum Gasteiger partial charge on any atom is 0.317 e. The average molecular weight is 323 g/mol. The van der Waals surface area contributed by atoms with E-state index in [4.69, 9.17) is 0 Å². The van der Waals surface area contributed by atoms with Crippen molar-refractivity contribution in [2.75, 3.05) is 25.9 Å². The van der Waals surface area contributed by atoms with Crippen LogP contribution in [-0.2, 0) is 4.79 Å². The molecule has 0 fully saturated rings. The maximum atomic E-state index is 11.9. The SMILES string of the molecule is CN(CC(=O)NC(C)(C)C)C(=O)NCCSc1ccccc1. The van der Waals surface area contributed by atoms with Crippen molar-refractivity contribution in [2.24, 2.45) is 0 Å². The molecule has 6 heteroatoms. The minimum absolute atomic E-state index is 0.0505. The van der Waals surface area contributed by atoms with Gasteiger partial charge in [0, 0.05) is 29.8 Å². The van der Waals surface area contributed by atoms with Crippen LogP contribution in [0.15, 0.2) is 35.2 Å². The molecule has 0 aliphatic heterocycles. The fraction of sp³-hybridized carbons (Fsp3) is 0.500. The minimum Gasteiger partial charge on any atom is -0.350 e. The number of benzene rings is 1. The number of carbonyl (C=O) groups excluding carboxylic acids is 2. The first-order valence-electron chi connectivity index (χ1n) is 7.26.